The van der Waals surface area contributed by atoms with Gasteiger partial charge in [-0.15, -0.1) is 10.2 Å². The molecule has 1 aliphatic heterocycles. The Balaban J connectivity index is 1.46. The number of fused-ring (bicyclic) bond motifs is 1. The van der Waals surface area contributed by atoms with Crippen LogP contribution in [-0.4, -0.2) is 69.1 Å². The van der Waals surface area contributed by atoms with Gasteiger partial charge in [0.05, 0.1) is 22.6 Å². The lowest BCUT2D eigenvalue weighted by molar-refractivity contribution is -0.120. The number of aromatic amines is 1. The highest BCUT2D eigenvalue weighted by Gasteiger charge is 2.31. The molecule has 9 nitrogen and oxygen atoms in total. The number of carbonyl (C=O) groups excluding carboxylic acids is 1. The second kappa shape index (κ2) is 8.00. The van der Waals surface area contributed by atoms with E-state index >= 15 is 0 Å². The molecule has 31 heavy (non-hydrogen) atoms. The SMILES string of the molecule is CN1C[C@H](Nc2nc3nnc(-c4ccc(-c5cn[nH]c5)cc4OC=O)cc3s2)[C@@H](F)C1. The molecule has 0 aliphatic carbocycles. The van der Waals surface area contributed by atoms with E-state index < -0.39 is 6.17 Å². The molecule has 0 radical (unpaired) electrons. The number of anilines is 1. The number of likely N-dealkylation sites (tertiary alicyclic amines) is 1. The average Bonchev–Trinajstić information content (AvgIpc) is 3.48. The van der Waals surface area contributed by atoms with E-state index in [1.807, 2.05) is 30.1 Å². The minimum atomic E-state index is -0.949. The van der Waals surface area contributed by atoms with Crippen molar-refractivity contribution in [3.05, 3.63) is 36.7 Å². The van der Waals surface area contributed by atoms with Gasteiger partial charge in [-0.25, -0.2) is 4.39 Å². The molecule has 2 atom stereocenters. The van der Waals surface area contributed by atoms with Gasteiger partial charge in [0.15, 0.2) is 10.8 Å². The van der Waals surface area contributed by atoms with Crippen molar-refractivity contribution in [1.82, 2.24) is 30.3 Å². The molecule has 3 aromatic heterocycles. The van der Waals surface area contributed by atoms with E-state index in [4.69, 9.17) is 4.74 Å². The monoisotopic (exact) mass is 439 g/mol. The summed E-state index contributed by atoms with van der Waals surface area (Å²) >= 11 is 1.38. The molecule has 1 aromatic carbocycles. The van der Waals surface area contributed by atoms with Gasteiger partial charge in [-0.05, 0) is 30.8 Å². The predicted octanol–water partition coefficient (Wildman–Crippen LogP) is 2.74. The maximum Gasteiger partial charge on any atom is 0.298 e. The highest BCUT2D eigenvalue weighted by atomic mass is 32.1. The number of likely N-dealkylation sites (N-methyl/N-ethyl adjacent to an activating group) is 1. The smallest absolute Gasteiger partial charge is 0.298 e. The molecule has 158 valence electrons. The van der Waals surface area contributed by atoms with Gasteiger partial charge in [0, 0.05) is 30.4 Å². The second-order valence-corrected chi connectivity index (χ2v) is 8.37. The number of ether oxygens (including phenoxy) is 1. The number of rotatable bonds is 6. The molecule has 1 aliphatic rings. The highest BCUT2D eigenvalue weighted by molar-refractivity contribution is 7.22. The van der Waals surface area contributed by atoms with Crippen LogP contribution >= 0.6 is 11.3 Å². The maximum atomic E-state index is 14.1. The van der Waals surface area contributed by atoms with E-state index in [0.717, 1.165) is 15.8 Å². The van der Waals surface area contributed by atoms with Crippen LogP contribution in [0.3, 0.4) is 0 Å². The van der Waals surface area contributed by atoms with E-state index in [9.17, 15) is 9.18 Å². The van der Waals surface area contributed by atoms with Gasteiger partial charge < -0.3 is 15.0 Å². The molecule has 5 rings (SSSR count). The van der Waals surface area contributed by atoms with Gasteiger partial charge in [-0.3, -0.25) is 9.89 Å². The summed E-state index contributed by atoms with van der Waals surface area (Å²) in [4.78, 5) is 17.4. The van der Waals surface area contributed by atoms with Gasteiger partial charge in [0.25, 0.3) is 6.47 Å². The number of hydrogen-bond donors (Lipinski definition) is 2. The fourth-order valence-electron chi connectivity index (χ4n) is 3.65. The third-order valence-corrected chi connectivity index (χ3v) is 6.08. The van der Waals surface area contributed by atoms with Crippen molar-refractivity contribution >= 4 is 33.3 Å². The quantitative estimate of drug-likeness (QED) is 0.442. The number of aromatic nitrogens is 5. The Morgan fingerprint density at radius 1 is 1.29 bits per heavy atom. The Morgan fingerprint density at radius 2 is 2.19 bits per heavy atom. The molecule has 2 N–H and O–H groups in total. The van der Waals surface area contributed by atoms with Crippen molar-refractivity contribution in [2.24, 2.45) is 0 Å². The first-order valence-corrected chi connectivity index (χ1v) is 10.4. The summed E-state index contributed by atoms with van der Waals surface area (Å²) in [5.41, 5.74) is 3.35. The van der Waals surface area contributed by atoms with E-state index in [2.05, 4.69) is 30.7 Å². The summed E-state index contributed by atoms with van der Waals surface area (Å²) in [5.74, 6) is 0.361. The fraction of sp³-hybridized carbons (Fsp3) is 0.250. The molecule has 0 unspecified atom stereocenters. The van der Waals surface area contributed by atoms with E-state index in [-0.39, 0.29) is 6.04 Å². The first-order valence-electron chi connectivity index (χ1n) is 9.58. The van der Waals surface area contributed by atoms with Gasteiger partial charge >= 0.3 is 0 Å². The lowest BCUT2D eigenvalue weighted by Crippen LogP contribution is -2.29. The standard InChI is InChI=1S/C20H18FN7O2S/c1-28-8-14(21)16(9-28)24-20-25-19-18(31-20)5-15(26-27-19)13-3-2-11(4-17(13)30-10-29)12-6-22-23-7-12/h2-7,10,14,16H,8-9H2,1H3,(H,22,23)(H,24,25,27)/t14-,16-/m0/s1. The van der Waals surface area contributed by atoms with Gasteiger partial charge in [-0.2, -0.15) is 10.1 Å². The number of benzene rings is 1. The third kappa shape index (κ3) is 3.84. The first-order chi connectivity index (χ1) is 15.1. The van der Waals surface area contributed by atoms with E-state index in [1.54, 1.807) is 18.5 Å². The number of H-pyrrole nitrogens is 1. The van der Waals surface area contributed by atoms with Crippen LogP contribution in [0.4, 0.5) is 9.52 Å². The number of carbonyl (C=O) groups is 1. The Hall–Kier alpha value is -3.44. The Bertz CT molecular complexity index is 1230. The Labute approximate surface area is 180 Å². The first kappa shape index (κ1) is 19.5. The van der Waals surface area contributed by atoms with Crippen molar-refractivity contribution in [3.8, 4) is 28.1 Å². The van der Waals surface area contributed by atoms with Gasteiger partial charge in [0.1, 0.15) is 11.9 Å². The summed E-state index contributed by atoms with van der Waals surface area (Å²) in [6.07, 6.45) is 2.48. The number of hydrogen-bond acceptors (Lipinski definition) is 9. The molecule has 4 aromatic rings. The summed E-state index contributed by atoms with van der Waals surface area (Å²) in [6, 6.07) is 6.99. The minimum absolute atomic E-state index is 0.305. The van der Waals surface area contributed by atoms with Gasteiger partial charge in [-0.1, -0.05) is 17.4 Å². The van der Waals surface area contributed by atoms with Crippen LogP contribution in [0.2, 0.25) is 0 Å². The number of thiazole rings is 1. The van der Waals surface area contributed by atoms with Crippen molar-refractivity contribution in [2.45, 2.75) is 12.2 Å². The zero-order valence-electron chi connectivity index (χ0n) is 16.4. The summed E-state index contributed by atoms with van der Waals surface area (Å²) in [6.45, 7) is 1.40. The summed E-state index contributed by atoms with van der Waals surface area (Å²) in [7, 11) is 1.89. The number of nitrogens with one attached hydrogen (secondary N) is 2. The van der Waals surface area contributed by atoms with Crippen LogP contribution in [0.5, 0.6) is 5.75 Å². The zero-order valence-corrected chi connectivity index (χ0v) is 17.3. The normalized spacial score (nSPS) is 19.0. The van der Waals surface area contributed by atoms with E-state index in [1.165, 1.54) is 11.3 Å². The molecule has 11 heteroatoms. The molecule has 0 spiro atoms. The summed E-state index contributed by atoms with van der Waals surface area (Å²) in [5, 5.41) is 18.9. The summed E-state index contributed by atoms with van der Waals surface area (Å²) < 4.78 is 20.1. The van der Waals surface area contributed by atoms with Crippen LogP contribution in [0.1, 0.15) is 0 Å². The Kier molecular flexibility index (Phi) is 5.04. The second-order valence-electron chi connectivity index (χ2n) is 7.34. The lowest BCUT2D eigenvalue weighted by Gasteiger charge is -2.12. The van der Waals surface area contributed by atoms with Crippen LogP contribution in [-0.2, 0) is 4.79 Å². The Morgan fingerprint density at radius 3 is 2.94 bits per heavy atom. The largest absolute Gasteiger partial charge is 0.428 e. The predicted molar refractivity (Wildman–Crippen MR) is 115 cm³/mol. The van der Waals surface area contributed by atoms with Crippen molar-refractivity contribution in [1.29, 1.82) is 0 Å². The van der Waals surface area contributed by atoms with Crippen LogP contribution in [0.25, 0.3) is 32.7 Å². The lowest BCUT2D eigenvalue weighted by atomic mass is 10.0. The molecule has 0 bridgehead atoms. The van der Waals surface area contributed by atoms with Crippen molar-refractivity contribution in [3.63, 3.8) is 0 Å². The molecular formula is C20H18FN7O2S. The highest BCUT2D eigenvalue weighted by Crippen LogP contribution is 2.35. The molecule has 4 heterocycles. The molecular weight excluding hydrogens is 421 g/mol. The average molecular weight is 439 g/mol. The van der Waals surface area contributed by atoms with Crippen LogP contribution in [0.15, 0.2) is 36.7 Å². The van der Waals surface area contributed by atoms with E-state index in [0.29, 0.717) is 47.3 Å². The van der Waals surface area contributed by atoms with Crippen molar-refractivity contribution < 1.29 is 13.9 Å². The van der Waals surface area contributed by atoms with Crippen LogP contribution in [0, 0.1) is 0 Å². The molecule has 0 amide bonds. The minimum Gasteiger partial charge on any atom is -0.428 e. The zero-order chi connectivity index (χ0) is 21.4. The number of halogens is 1. The number of alkyl halides is 1. The molecule has 1 saturated heterocycles. The fourth-order valence-corrected chi connectivity index (χ4v) is 4.55. The topological polar surface area (TPSA) is 109 Å². The van der Waals surface area contributed by atoms with Crippen molar-refractivity contribution in [2.75, 3.05) is 25.5 Å². The molecule has 1 fully saturated rings. The maximum absolute atomic E-state index is 14.1. The van der Waals surface area contributed by atoms with Gasteiger partial charge in [0.2, 0.25) is 0 Å². The number of nitrogens with zero attached hydrogens (tertiary/aromatic N) is 5. The van der Waals surface area contributed by atoms with Crippen LogP contribution < -0.4 is 10.1 Å². The molecule has 0 saturated carbocycles. The third-order valence-electron chi connectivity index (χ3n) is 5.16.